The molecule has 6 heteroatoms. The number of carbonyl (C=O) groups excluding carboxylic acids is 2. The maximum atomic E-state index is 13.2. The molecule has 0 aromatic heterocycles. The second-order valence-corrected chi connectivity index (χ2v) is 5.22. The van der Waals surface area contributed by atoms with Gasteiger partial charge in [-0.15, -0.1) is 0 Å². The van der Waals surface area contributed by atoms with Crippen LogP contribution < -0.4 is 5.32 Å². The van der Waals surface area contributed by atoms with E-state index in [1.807, 2.05) is 6.07 Å². The highest BCUT2D eigenvalue weighted by atomic mass is 19.1. The van der Waals surface area contributed by atoms with Crippen LogP contribution in [0.4, 0.5) is 10.1 Å². The molecule has 5 nitrogen and oxygen atoms in total. The van der Waals surface area contributed by atoms with Crippen molar-refractivity contribution < 1.29 is 23.5 Å². The highest BCUT2D eigenvalue weighted by molar-refractivity contribution is 5.95. The maximum Gasteiger partial charge on any atom is 0.338 e. The topological polar surface area (TPSA) is 64.6 Å². The molecule has 24 heavy (non-hydrogen) atoms. The Bertz CT molecular complexity index is 746. The summed E-state index contributed by atoms with van der Waals surface area (Å²) in [4.78, 5) is 23.8. The van der Waals surface area contributed by atoms with Gasteiger partial charge in [0.25, 0.3) is 5.91 Å². The highest BCUT2D eigenvalue weighted by Gasteiger charge is 2.12. The number of anilines is 1. The van der Waals surface area contributed by atoms with E-state index in [9.17, 15) is 14.0 Å². The zero-order valence-corrected chi connectivity index (χ0v) is 13.5. The molecule has 0 fully saturated rings. The summed E-state index contributed by atoms with van der Waals surface area (Å²) in [5, 5.41) is 2.51. The van der Waals surface area contributed by atoms with Gasteiger partial charge >= 0.3 is 5.97 Å². The molecule has 2 aromatic carbocycles. The standard InChI is InChI=1S/C18H18FNO4/c1-12-6-7-15(19)9-16(12)20-17(21)11-24-18(22)14-5-3-4-13(8-14)10-23-2/h3-9H,10-11H2,1-2H3,(H,20,21). The van der Waals surface area contributed by atoms with Crippen LogP contribution in [0.5, 0.6) is 0 Å². The van der Waals surface area contributed by atoms with Crippen molar-refractivity contribution in [3.05, 3.63) is 65.0 Å². The number of esters is 1. The lowest BCUT2D eigenvalue weighted by molar-refractivity contribution is -0.119. The Kier molecular flexibility index (Phi) is 6.03. The number of carbonyl (C=O) groups is 2. The fourth-order valence-corrected chi connectivity index (χ4v) is 2.08. The van der Waals surface area contributed by atoms with Gasteiger partial charge in [-0.25, -0.2) is 9.18 Å². The average Bonchev–Trinajstić information content (AvgIpc) is 2.56. The van der Waals surface area contributed by atoms with Gasteiger partial charge in [0, 0.05) is 12.8 Å². The summed E-state index contributed by atoms with van der Waals surface area (Å²) in [6.07, 6.45) is 0. The first-order valence-corrected chi connectivity index (χ1v) is 7.30. The minimum atomic E-state index is -0.612. The first-order chi connectivity index (χ1) is 11.5. The summed E-state index contributed by atoms with van der Waals surface area (Å²) in [6.45, 7) is 1.66. The number of hydrogen-bond acceptors (Lipinski definition) is 4. The molecular weight excluding hydrogens is 313 g/mol. The molecule has 0 aliphatic rings. The molecule has 0 heterocycles. The van der Waals surface area contributed by atoms with E-state index in [-0.39, 0.29) is 0 Å². The SMILES string of the molecule is COCc1cccc(C(=O)OCC(=O)Nc2cc(F)ccc2C)c1. The van der Waals surface area contributed by atoms with Gasteiger partial charge in [0.1, 0.15) is 5.82 Å². The Morgan fingerprint density at radius 2 is 1.96 bits per heavy atom. The molecule has 0 atom stereocenters. The molecule has 0 bridgehead atoms. The number of aryl methyl sites for hydroxylation is 1. The molecule has 0 aliphatic carbocycles. The summed E-state index contributed by atoms with van der Waals surface area (Å²) >= 11 is 0. The van der Waals surface area contributed by atoms with E-state index in [2.05, 4.69) is 5.32 Å². The molecule has 0 radical (unpaired) electrons. The Morgan fingerprint density at radius 3 is 2.71 bits per heavy atom. The van der Waals surface area contributed by atoms with Crippen molar-refractivity contribution in [3.63, 3.8) is 0 Å². The predicted molar refractivity (Wildman–Crippen MR) is 87.2 cm³/mol. The highest BCUT2D eigenvalue weighted by Crippen LogP contribution is 2.16. The van der Waals surface area contributed by atoms with Gasteiger partial charge in [0.15, 0.2) is 6.61 Å². The van der Waals surface area contributed by atoms with Crippen molar-refractivity contribution in [2.45, 2.75) is 13.5 Å². The number of rotatable bonds is 6. The molecular formula is C18H18FNO4. The zero-order chi connectivity index (χ0) is 17.5. The van der Waals surface area contributed by atoms with Gasteiger partial charge < -0.3 is 14.8 Å². The molecule has 0 saturated carbocycles. The normalized spacial score (nSPS) is 10.3. The van der Waals surface area contributed by atoms with E-state index >= 15 is 0 Å². The Balaban J connectivity index is 1.92. The largest absolute Gasteiger partial charge is 0.452 e. The lowest BCUT2D eigenvalue weighted by Gasteiger charge is -2.09. The van der Waals surface area contributed by atoms with E-state index in [1.54, 1.807) is 38.3 Å². The maximum absolute atomic E-state index is 13.2. The number of nitrogens with one attached hydrogen (secondary N) is 1. The molecule has 0 saturated heterocycles. The number of amides is 1. The molecule has 0 aliphatic heterocycles. The van der Waals surface area contributed by atoms with Crippen molar-refractivity contribution in [3.8, 4) is 0 Å². The van der Waals surface area contributed by atoms with Crippen LogP contribution in [0.2, 0.25) is 0 Å². The first-order valence-electron chi connectivity index (χ1n) is 7.30. The van der Waals surface area contributed by atoms with Crippen molar-refractivity contribution >= 4 is 17.6 Å². The van der Waals surface area contributed by atoms with E-state index in [0.29, 0.717) is 23.4 Å². The number of hydrogen-bond donors (Lipinski definition) is 1. The van der Waals surface area contributed by atoms with Crippen molar-refractivity contribution in [1.29, 1.82) is 0 Å². The Morgan fingerprint density at radius 1 is 1.17 bits per heavy atom. The summed E-state index contributed by atoms with van der Waals surface area (Å²) in [6, 6.07) is 10.8. The summed E-state index contributed by atoms with van der Waals surface area (Å²) < 4.78 is 23.2. The van der Waals surface area contributed by atoms with Crippen molar-refractivity contribution in [2.24, 2.45) is 0 Å². The number of ether oxygens (including phenoxy) is 2. The van der Waals surface area contributed by atoms with Gasteiger partial charge in [0.2, 0.25) is 0 Å². The van der Waals surface area contributed by atoms with Crippen LogP contribution in [-0.4, -0.2) is 25.6 Å². The van der Waals surface area contributed by atoms with Crippen LogP contribution in [0.3, 0.4) is 0 Å². The Hall–Kier alpha value is -2.73. The molecule has 0 spiro atoms. The predicted octanol–water partition coefficient (Wildman–Crippen LogP) is 3.08. The van der Waals surface area contributed by atoms with Crippen LogP contribution in [0.15, 0.2) is 42.5 Å². The average molecular weight is 331 g/mol. The van der Waals surface area contributed by atoms with Gasteiger partial charge in [-0.2, -0.15) is 0 Å². The van der Waals surface area contributed by atoms with E-state index < -0.39 is 24.3 Å². The molecule has 2 aromatic rings. The van der Waals surface area contributed by atoms with Gasteiger partial charge in [-0.3, -0.25) is 4.79 Å². The molecule has 0 unspecified atom stereocenters. The number of halogens is 1. The number of methoxy groups -OCH3 is 1. The molecule has 2 rings (SSSR count). The van der Waals surface area contributed by atoms with Crippen molar-refractivity contribution in [1.82, 2.24) is 0 Å². The van der Waals surface area contributed by atoms with Crippen LogP contribution >= 0.6 is 0 Å². The zero-order valence-electron chi connectivity index (χ0n) is 13.5. The Labute approximate surface area is 139 Å². The summed E-state index contributed by atoms with van der Waals surface area (Å²) in [5.41, 5.74) is 2.22. The van der Waals surface area contributed by atoms with Gasteiger partial charge in [-0.05, 0) is 42.3 Å². The lowest BCUT2D eigenvalue weighted by Crippen LogP contribution is -2.21. The molecule has 1 N–H and O–H groups in total. The summed E-state index contributed by atoms with van der Waals surface area (Å²) in [7, 11) is 1.56. The summed E-state index contributed by atoms with van der Waals surface area (Å²) in [5.74, 6) is -1.60. The smallest absolute Gasteiger partial charge is 0.338 e. The monoisotopic (exact) mass is 331 g/mol. The van der Waals surface area contributed by atoms with Gasteiger partial charge in [-0.1, -0.05) is 18.2 Å². The first kappa shape index (κ1) is 17.6. The minimum absolute atomic E-state index is 0.333. The van der Waals surface area contributed by atoms with Crippen LogP contribution in [0, 0.1) is 12.7 Å². The lowest BCUT2D eigenvalue weighted by atomic mass is 10.1. The second-order valence-electron chi connectivity index (χ2n) is 5.22. The van der Waals surface area contributed by atoms with E-state index in [1.165, 1.54) is 12.1 Å². The van der Waals surface area contributed by atoms with E-state index in [4.69, 9.17) is 9.47 Å². The fraction of sp³-hybridized carbons (Fsp3) is 0.222. The fourth-order valence-electron chi connectivity index (χ4n) is 2.08. The number of benzene rings is 2. The van der Waals surface area contributed by atoms with Crippen molar-refractivity contribution in [2.75, 3.05) is 19.0 Å². The quantitative estimate of drug-likeness (QED) is 0.826. The van der Waals surface area contributed by atoms with Crippen LogP contribution in [0.25, 0.3) is 0 Å². The van der Waals surface area contributed by atoms with E-state index in [0.717, 1.165) is 5.56 Å². The van der Waals surface area contributed by atoms with Crippen LogP contribution in [-0.2, 0) is 20.9 Å². The molecule has 1 amide bonds. The van der Waals surface area contributed by atoms with Gasteiger partial charge in [0.05, 0.1) is 12.2 Å². The van der Waals surface area contributed by atoms with Crippen LogP contribution in [0.1, 0.15) is 21.5 Å². The third kappa shape index (κ3) is 4.89. The third-order valence-electron chi connectivity index (χ3n) is 3.28. The second kappa shape index (κ2) is 8.21. The molecule has 126 valence electrons. The minimum Gasteiger partial charge on any atom is -0.452 e. The third-order valence-corrected chi connectivity index (χ3v) is 3.28.